The van der Waals surface area contributed by atoms with Crippen molar-refractivity contribution in [2.24, 2.45) is 21.1 Å². The van der Waals surface area contributed by atoms with Gasteiger partial charge in [0.1, 0.15) is 12.4 Å². The molecule has 0 aliphatic heterocycles. The van der Waals surface area contributed by atoms with Gasteiger partial charge in [0, 0.05) is 27.7 Å². The fourth-order valence-corrected chi connectivity index (χ4v) is 2.81. The molecule has 0 fully saturated rings. The first-order chi connectivity index (χ1) is 11.8. The van der Waals surface area contributed by atoms with Gasteiger partial charge in [0.15, 0.2) is 11.2 Å². The lowest BCUT2D eigenvalue weighted by atomic mass is 10.3. The van der Waals surface area contributed by atoms with Gasteiger partial charge in [-0.2, -0.15) is 0 Å². The van der Waals surface area contributed by atoms with Gasteiger partial charge in [-0.1, -0.05) is 13.8 Å². The fraction of sp³-hybridized carbons (Fsp3) is 0.688. The van der Waals surface area contributed by atoms with E-state index in [0.29, 0.717) is 23.5 Å². The number of hydrogen-bond acceptors (Lipinski definition) is 6. The molecule has 25 heavy (non-hydrogen) atoms. The van der Waals surface area contributed by atoms with Crippen LogP contribution in [0.2, 0.25) is 0 Å². The van der Waals surface area contributed by atoms with E-state index in [-0.39, 0.29) is 18.8 Å². The number of nitrogens with zero attached hydrogens (tertiary/aromatic N) is 5. The van der Waals surface area contributed by atoms with Crippen molar-refractivity contribution in [3.63, 3.8) is 0 Å². The van der Waals surface area contributed by atoms with Gasteiger partial charge in [-0.25, -0.2) is 9.78 Å². The monoisotopic (exact) mass is 353 g/mol. The predicted octanol–water partition coefficient (Wildman–Crippen LogP) is -0.810. The van der Waals surface area contributed by atoms with Crippen molar-refractivity contribution in [3.8, 4) is 0 Å². The van der Waals surface area contributed by atoms with Gasteiger partial charge in [0.2, 0.25) is 0 Å². The first-order valence-corrected chi connectivity index (χ1v) is 8.41. The molecular formula is C16H27N5O4. The van der Waals surface area contributed by atoms with Gasteiger partial charge in [-0.05, 0) is 13.1 Å². The van der Waals surface area contributed by atoms with Gasteiger partial charge >= 0.3 is 5.69 Å². The Labute approximate surface area is 146 Å². The second-order valence-electron chi connectivity index (χ2n) is 6.12. The van der Waals surface area contributed by atoms with Crippen molar-refractivity contribution >= 4 is 11.2 Å². The molecule has 2 aromatic rings. The lowest BCUT2D eigenvalue weighted by Gasteiger charge is -2.21. The maximum Gasteiger partial charge on any atom is 0.332 e. The van der Waals surface area contributed by atoms with Crippen molar-refractivity contribution in [3.05, 3.63) is 26.7 Å². The summed E-state index contributed by atoms with van der Waals surface area (Å²) in [7, 11) is 4.73. The van der Waals surface area contributed by atoms with E-state index in [4.69, 9.17) is 4.74 Å². The number of aryl methyl sites for hydroxylation is 2. The highest BCUT2D eigenvalue weighted by Gasteiger charge is 2.17. The van der Waals surface area contributed by atoms with E-state index in [1.807, 2.05) is 13.8 Å². The summed E-state index contributed by atoms with van der Waals surface area (Å²) in [6.07, 6.45) is -0.591. The van der Waals surface area contributed by atoms with E-state index in [2.05, 4.69) is 9.88 Å². The van der Waals surface area contributed by atoms with Crippen molar-refractivity contribution in [2.45, 2.75) is 26.6 Å². The average molecular weight is 353 g/mol. The Kier molecular flexibility index (Phi) is 6.15. The Morgan fingerprint density at radius 1 is 1.12 bits per heavy atom. The standard InChI is InChI=1S/C16H27N5O4/c1-6-21(7-2)8-11(22)9-25-10-12-17-14-13(18(12)3)15(23)20(5)16(24)19(14)4/h11,22H,6-10H2,1-5H3/t11-/m0/s1. The van der Waals surface area contributed by atoms with Gasteiger partial charge in [-0.15, -0.1) is 0 Å². The van der Waals surface area contributed by atoms with E-state index in [9.17, 15) is 14.7 Å². The van der Waals surface area contributed by atoms with Crippen LogP contribution in [-0.2, 0) is 32.5 Å². The summed E-state index contributed by atoms with van der Waals surface area (Å²) in [5, 5.41) is 10.0. The zero-order valence-electron chi connectivity index (χ0n) is 15.5. The molecule has 0 saturated heterocycles. The van der Waals surface area contributed by atoms with Crippen LogP contribution in [0, 0.1) is 0 Å². The summed E-state index contributed by atoms with van der Waals surface area (Å²) in [4.78, 5) is 30.8. The quantitative estimate of drug-likeness (QED) is 0.667. The van der Waals surface area contributed by atoms with E-state index < -0.39 is 11.8 Å². The van der Waals surface area contributed by atoms with Crippen LogP contribution in [0.3, 0.4) is 0 Å². The maximum absolute atomic E-state index is 12.3. The molecule has 9 heteroatoms. The van der Waals surface area contributed by atoms with Gasteiger partial charge < -0.3 is 19.3 Å². The molecule has 2 aromatic heterocycles. The van der Waals surface area contributed by atoms with Gasteiger partial charge in [0.05, 0.1) is 12.7 Å². The summed E-state index contributed by atoms with van der Waals surface area (Å²) < 4.78 is 9.60. The molecule has 2 rings (SSSR count). The number of imidazole rings is 1. The smallest absolute Gasteiger partial charge is 0.332 e. The van der Waals surface area contributed by atoms with Gasteiger partial charge in [-0.3, -0.25) is 13.9 Å². The molecule has 0 unspecified atom stereocenters. The van der Waals surface area contributed by atoms with E-state index in [1.165, 1.54) is 11.6 Å². The normalized spacial score (nSPS) is 13.1. The van der Waals surface area contributed by atoms with Crippen LogP contribution >= 0.6 is 0 Å². The van der Waals surface area contributed by atoms with E-state index in [1.54, 1.807) is 18.7 Å². The third-order valence-corrected chi connectivity index (χ3v) is 4.47. The molecule has 0 amide bonds. The SMILES string of the molecule is CCN(CC)C[C@H](O)COCc1nc2c(c(=O)n(C)c(=O)n2C)n1C. The molecule has 1 atom stereocenters. The zero-order valence-corrected chi connectivity index (χ0v) is 15.5. The molecule has 0 aliphatic rings. The van der Waals surface area contributed by atoms with Crippen LogP contribution in [0.5, 0.6) is 0 Å². The van der Waals surface area contributed by atoms with Crippen LogP contribution < -0.4 is 11.2 Å². The molecule has 140 valence electrons. The lowest BCUT2D eigenvalue weighted by Crippen LogP contribution is -2.37. The van der Waals surface area contributed by atoms with Gasteiger partial charge in [0.25, 0.3) is 5.56 Å². The minimum absolute atomic E-state index is 0.151. The molecule has 0 spiro atoms. The maximum atomic E-state index is 12.3. The fourth-order valence-electron chi connectivity index (χ4n) is 2.81. The highest BCUT2D eigenvalue weighted by Crippen LogP contribution is 2.10. The van der Waals surface area contributed by atoms with Crippen molar-refractivity contribution < 1.29 is 9.84 Å². The third kappa shape index (κ3) is 3.83. The number of ether oxygens (including phenoxy) is 1. The number of aromatic nitrogens is 4. The highest BCUT2D eigenvalue weighted by atomic mass is 16.5. The van der Waals surface area contributed by atoms with E-state index >= 15 is 0 Å². The Bertz CT molecular complexity index is 847. The topological polar surface area (TPSA) is 94.5 Å². The van der Waals surface area contributed by atoms with Crippen molar-refractivity contribution in [1.29, 1.82) is 0 Å². The average Bonchev–Trinajstić information content (AvgIpc) is 2.93. The summed E-state index contributed by atoms with van der Waals surface area (Å²) in [5.74, 6) is 0.531. The molecule has 0 radical (unpaired) electrons. The molecule has 0 aromatic carbocycles. The molecule has 9 nitrogen and oxygen atoms in total. The first kappa shape index (κ1) is 19.4. The van der Waals surface area contributed by atoms with Crippen molar-refractivity contribution in [1.82, 2.24) is 23.6 Å². The van der Waals surface area contributed by atoms with E-state index in [0.717, 1.165) is 17.7 Å². The predicted molar refractivity (Wildman–Crippen MR) is 94.6 cm³/mol. The van der Waals surface area contributed by atoms with Crippen LogP contribution in [0.25, 0.3) is 11.2 Å². The second-order valence-corrected chi connectivity index (χ2v) is 6.12. The Balaban J connectivity index is 2.14. The zero-order chi connectivity index (χ0) is 18.7. The molecule has 0 bridgehead atoms. The number of hydrogen-bond donors (Lipinski definition) is 1. The number of likely N-dealkylation sites (N-methyl/N-ethyl adjacent to an activating group) is 1. The summed E-state index contributed by atoms with van der Waals surface area (Å²) >= 11 is 0. The number of fused-ring (bicyclic) bond motifs is 1. The highest BCUT2D eigenvalue weighted by molar-refractivity contribution is 5.70. The molecule has 0 saturated carbocycles. The summed E-state index contributed by atoms with van der Waals surface area (Å²) in [6.45, 7) is 6.70. The summed E-state index contributed by atoms with van der Waals surface area (Å²) in [5.41, 5.74) is -0.122. The Morgan fingerprint density at radius 2 is 1.76 bits per heavy atom. The van der Waals surface area contributed by atoms with Crippen LogP contribution in [0.15, 0.2) is 9.59 Å². The van der Waals surface area contributed by atoms with Crippen LogP contribution in [0.1, 0.15) is 19.7 Å². The third-order valence-electron chi connectivity index (χ3n) is 4.47. The second kappa shape index (κ2) is 7.94. The molecule has 1 N–H and O–H groups in total. The molecular weight excluding hydrogens is 326 g/mol. The molecule has 2 heterocycles. The minimum atomic E-state index is -0.591. The Morgan fingerprint density at radius 3 is 2.36 bits per heavy atom. The Hall–Kier alpha value is -1.97. The lowest BCUT2D eigenvalue weighted by molar-refractivity contribution is 0.00893. The first-order valence-electron chi connectivity index (χ1n) is 8.41. The molecule has 0 aliphatic carbocycles. The summed E-state index contributed by atoms with van der Waals surface area (Å²) in [6, 6.07) is 0. The van der Waals surface area contributed by atoms with Crippen molar-refractivity contribution in [2.75, 3.05) is 26.2 Å². The largest absolute Gasteiger partial charge is 0.389 e. The number of aliphatic hydroxyl groups is 1. The number of aliphatic hydroxyl groups excluding tert-OH is 1. The minimum Gasteiger partial charge on any atom is -0.389 e. The van der Waals surface area contributed by atoms with Crippen LogP contribution in [-0.4, -0.2) is 61.0 Å². The number of rotatable bonds is 8. The van der Waals surface area contributed by atoms with Crippen LogP contribution in [0.4, 0.5) is 0 Å².